The predicted molar refractivity (Wildman–Crippen MR) is 145 cm³/mol. The van der Waals surface area contributed by atoms with Gasteiger partial charge < -0.3 is 0 Å². The van der Waals surface area contributed by atoms with Crippen LogP contribution in [0.2, 0.25) is 5.02 Å². The van der Waals surface area contributed by atoms with Crippen LogP contribution in [-0.4, -0.2) is 19.7 Å². The summed E-state index contributed by atoms with van der Waals surface area (Å²) in [5.41, 5.74) is 5.78. The van der Waals surface area contributed by atoms with E-state index in [1.807, 2.05) is 6.07 Å². The molecule has 0 spiro atoms. The van der Waals surface area contributed by atoms with Crippen molar-refractivity contribution >= 4 is 45.6 Å². The molecule has 3 heterocycles. The van der Waals surface area contributed by atoms with Crippen molar-refractivity contribution in [3.63, 3.8) is 0 Å². The number of thioether (sulfide) groups is 1. The molecule has 0 saturated heterocycles. The Labute approximate surface area is 217 Å². The molecule has 0 aliphatic carbocycles. The fourth-order valence-electron chi connectivity index (χ4n) is 4.05. The third-order valence-electron chi connectivity index (χ3n) is 6.01. The van der Waals surface area contributed by atoms with Crippen molar-refractivity contribution in [2.75, 3.05) is 0 Å². The van der Waals surface area contributed by atoms with Crippen LogP contribution in [0.5, 0.6) is 0 Å². The highest BCUT2D eigenvalue weighted by atomic mass is 35.5. The van der Waals surface area contributed by atoms with E-state index in [2.05, 4.69) is 72.1 Å². The van der Waals surface area contributed by atoms with Gasteiger partial charge in [0.25, 0.3) is 0 Å². The van der Waals surface area contributed by atoms with Gasteiger partial charge in [-0.2, -0.15) is 0 Å². The standard InChI is InChI=1S/C27H24ClFN4S2/c1-15(2)33-26(31-32-27(33)35-14-18-7-5-8-21(28)25(18)29)20-13-23(24-9-6-10-34-24)30-22-12-17(4)16(3)11-19(20)22/h5-13,15H,14H2,1-4H3. The molecule has 0 aliphatic heterocycles. The van der Waals surface area contributed by atoms with Gasteiger partial charge in [-0.1, -0.05) is 41.6 Å². The summed E-state index contributed by atoms with van der Waals surface area (Å²) in [4.78, 5) is 6.08. The van der Waals surface area contributed by atoms with E-state index in [9.17, 15) is 4.39 Å². The zero-order valence-corrected chi connectivity index (χ0v) is 22.2. The maximum atomic E-state index is 14.5. The normalized spacial score (nSPS) is 11.6. The van der Waals surface area contributed by atoms with Crippen molar-refractivity contribution in [3.05, 3.63) is 81.4 Å². The van der Waals surface area contributed by atoms with Crippen LogP contribution < -0.4 is 0 Å². The Hall–Kier alpha value is -2.74. The van der Waals surface area contributed by atoms with E-state index in [0.29, 0.717) is 11.3 Å². The predicted octanol–water partition coefficient (Wildman–Crippen LogP) is 8.50. The molecule has 0 fully saturated rings. The van der Waals surface area contributed by atoms with Gasteiger partial charge in [-0.15, -0.1) is 21.5 Å². The number of thiophene rings is 1. The second kappa shape index (κ2) is 9.72. The maximum Gasteiger partial charge on any atom is 0.192 e. The lowest BCUT2D eigenvalue weighted by Gasteiger charge is -2.16. The Morgan fingerprint density at radius 1 is 1.06 bits per heavy atom. The second-order valence-electron chi connectivity index (χ2n) is 8.76. The monoisotopic (exact) mass is 522 g/mol. The molecule has 0 aliphatic rings. The quantitative estimate of drug-likeness (QED) is 0.210. The number of benzene rings is 2. The van der Waals surface area contributed by atoms with Crippen LogP contribution in [0.15, 0.2) is 59.1 Å². The van der Waals surface area contributed by atoms with E-state index in [-0.39, 0.29) is 16.9 Å². The van der Waals surface area contributed by atoms with Crippen molar-refractivity contribution in [2.24, 2.45) is 0 Å². The molecule has 4 nitrogen and oxygen atoms in total. The Morgan fingerprint density at radius 2 is 1.86 bits per heavy atom. The zero-order chi connectivity index (χ0) is 24.7. The van der Waals surface area contributed by atoms with Gasteiger partial charge >= 0.3 is 0 Å². The number of hydrogen-bond donors (Lipinski definition) is 0. The van der Waals surface area contributed by atoms with E-state index >= 15 is 0 Å². The lowest BCUT2D eigenvalue weighted by molar-refractivity contribution is 0.555. The zero-order valence-electron chi connectivity index (χ0n) is 19.8. The highest BCUT2D eigenvalue weighted by Crippen LogP contribution is 2.37. The summed E-state index contributed by atoms with van der Waals surface area (Å²) in [6, 6.07) is 15.7. The van der Waals surface area contributed by atoms with Gasteiger partial charge in [0.1, 0.15) is 5.82 Å². The lowest BCUT2D eigenvalue weighted by atomic mass is 10.0. The first-order valence-electron chi connectivity index (χ1n) is 11.3. The highest BCUT2D eigenvalue weighted by Gasteiger charge is 2.21. The number of aryl methyl sites for hydroxylation is 2. The largest absolute Gasteiger partial charge is 0.299 e. The van der Waals surface area contributed by atoms with Gasteiger partial charge in [0.05, 0.1) is 21.1 Å². The smallest absolute Gasteiger partial charge is 0.192 e. The van der Waals surface area contributed by atoms with Crippen molar-refractivity contribution in [3.8, 4) is 22.0 Å². The van der Waals surface area contributed by atoms with Gasteiger partial charge in [-0.25, -0.2) is 9.37 Å². The summed E-state index contributed by atoms with van der Waals surface area (Å²) in [5.74, 6) is 0.805. The van der Waals surface area contributed by atoms with Crippen molar-refractivity contribution in [2.45, 2.75) is 44.6 Å². The first-order valence-corrected chi connectivity index (χ1v) is 13.5. The molecular weight excluding hydrogens is 499 g/mol. The number of fused-ring (bicyclic) bond motifs is 1. The van der Waals surface area contributed by atoms with Crippen molar-refractivity contribution in [1.29, 1.82) is 0 Å². The number of nitrogens with zero attached hydrogens (tertiary/aromatic N) is 4. The number of aromatic nitrogens is 4. The van der Waals surface area contributed by atoms with Crippen molar-refractivity contribution < 1.29 is 4.39 Å². The summed E-state index contributed by atoms with van der Waals surface area (Å²) in [5, 5.41) is 13.1. The molecule has 0 amide bonds. The summed E-state index contributed by atoms with van der Waals surface area (Å²) >= 11 is 9.10. The number of halogens is 2. The number of hydrogen-bond acceptors (Lipinski definition) is 5. The molecule has 2 aromatic carbocycles. The van der Waals surface area contributed by atoms with Crippen LogP contribution >= 0.6 is 34.7 Å². The average Bonchev–Trinajstić information content (AvgIpc) is 3.51. The van der Waals surface area contributed by atoms with Gasteiger partial charge in [-0.3, -0.25) is 4.57 Å². The molecule has 3 aromatic heterocycles. The minimum absolute atomic E-state index is 0.103. The molecule has 0 N–H and O–H groups in total. The third-order valence-corrected chi connectivity index (χ3v) is 8.18. The molecule has 5 aromatic rings. The van der Waals surface area contributed by atoms with E-state index in [4.69, 9.17) is 16.6 Å². The Kier molecular flexibility index (Phi) is 6.66. The van der Waals surface area contributed by atoms with Crippen LogP contribution in [0.25, 0.3) is 32.9 Å². The Bertz CT molecular complexity index is 1530. The van der Waals surface area contributed by atoms with Gasteiger partial charge in [0.15, 0.2) is 11.0 Å². The topological polar surface area (TPSA) is 43.6 Å². The van der Waals surface area contributed by atoms with Crippen LogP contribution in [0, 0.1) is 19.7 Å². The minimum atomic E-state index is -0.385. The van der Waals surface area contributed by atoms with Gasteiger partial charge in [0, 0.05) is 22.7 Å². The summed E-state index contributed by atoms with van der Waals surface area (Å²) in [6.07, 6.45) is 0. The molecule has 178 valence electrons. The van der Waals surface area contributed by atoms with E-state index in [1.54, 1.807) is 29.5 Å². The fourth-order valence-corrected chi connectivity index (χ4v) is 5.97. The van der Waals surface area contributed by atoms with Crippen LogP contribution in [0.1, 0.15) is 36.6 Å². The molecule has 0 unspecified atom stereocenters. The Balaban J connectivity index is 1.64. The first kappa shape index (κ1) is 24.0. The molecule has 5 rings (SSSR count). The highest BCUT2D eigenvalue weighted by molar-refractivity contribution is 7.98. The molecule has 35 heavy (non-hydrogen) atoms. The van der Waals surface area contributed by atoms with Gasteiger partial charge in [0.2, 0.25) is 0 Å². The summed E-state index contributed by atoms with van der Waals surface area (Å²) < 4.78 is 16.6. The van der Waals surface area contributed by atoms with Crippen molar-refractivity contribution in [1.82, 2.24) is 19.7 Å². The summed E-state index contributed by atoms with van der Waals surface area (Å²) in [6.45, 7) is 8.43. The second-order valence-corrected chi connectivity index (χ2v) is 11.1. The van der Waals surface area contributed by atoms with Gasteiger partial charge in [-0.05, 0) is 80.1 Å². The van der Waals surface area contributed by atoms with E-state index in [0.717, 1.165) is 38.0 Å². The molecule has 0 radical (unpaired) electrons. The van der Waals surface area contributed by atoms with Crippen LogP contribution in [0.3, 0.4) is 0 Å². The molecule has 0 bridgehead atoms. The molecular formula is C27H24ClFN4S2. The van der Waals surface area contributed by atoms with Crippen LogP contribution in [0.4, 0.5) is 4.39 Å². The first-order chi connectivity index (χ1) is 16.8. The maximum absolute atomic E-state index is 14.5. The van der Waals surface area contributed by atoms with Crippen LogP contribution in [-0.2, 0) is 5.75 Å². The summed E-state index contributed by atoms with van der Waals surface area (Å²) in [7, 11) is 0. The number of pyridine rings is 1. The fraction of sp³-hybridized carbons (Fsp3) is 0.222. The third kappa shape index (κ3) is 4.60. The SMILES string of the molecule is Cc1cc2nc(-c3cccs3)cc(-c3nnc(SCc4cccc(Cl)c4F)n3C(C)C)c2cc1C. The lowest BCUT2D eigenvalue weighted by Crippen LogP contribution is -2.06. The molecule has 8 heteroatoms. The Morgan fingerprint density at radius 3 is 2.60 bits per heavy atom. The molecule has 0 atom stereocenters. The van der Waals surface area contributed by atoms with E-state index in [1.165, 1.54) is 22.9 Å². The molecule has 0 saturated carbocycles. The average molecular weight is 523 g/mol. The van der Waals surface area contributed by atoms with E-state index < -0.39 is 0 Å². The number of rotatable bonds is 6. The minimum Gasteiger partial charge on any atom is -0.299 e.